The first-order valence-corrected chi connectivity index (χ1v) is 12.8. The predicted octanol–water partition coefficient (Wildman–Crippen LogP) is 7.49. The van der Waals surface area contributed by atoms with E-state index >= 15 is 0 Å². The number of amides is 1. The quantitative estimate of drug-likeness (QED) is 0.135. The van der Waals surface area contributed by atoms with E-state index in [1.807, 2.05) is 13.8 Å². The third-order valence-corrected chi connectivity index (χ3v) is 6.08. The first kappa shape index (κ1) is 29.9. The third kappa shape index (κ3) is 7.69. The standard InChI is InChI=1S/C25H20Br2F3N3O6/c1-3-37-21-7-5-15(11-22(21)38-4-2)24(34)32-31-13-14-9-17(26)23(18(27)10-14)39-20-8-6-16(25(28,29)30)12-19(20)33(35)36/h5-13H,3-4H2,1-2H3,(H,32,34)/b31-13+. The van der Waals surface area contributed by atoms with Gasteiger partial charge in [0.15, 0.2) is 17.2 Å². The second-order valence-electron chi connectivity index (χ2n) is 7.58. The zero-order valence-electron chi connectivity index (χ0n) is 20.3. The molecular formula is C25H20Br2F3N3O6. The van der Waals surface area contributed by atoms with Crippen LogP contribution in [0.3, 0.4) is 0 Å². The normalized spacial score (nSPS) is 11.4. The third-order valence-electron chi connectivity index (χ3n) is 4.90. The molecule has 1 N–H and O–H groups in total. The average Bonchev–Trinajstić information content (AvgIpc) is 2.86. The van der Waals surface area contributed by atoms with Crippen LogP contribution >= 0.6 is 31.9 Å². The Morgan fingerprint density at radius 1 is 1.00 bits per heavy atom. The Labute approximate surface area is 237 Å². The van der Waals surface area contributed by atoms with Gasteiger partial charge in [-0.3, -0.25) is 14.9 Å². The monoisotopic (exact) mass is 673 g/mol. The van der Waals surface area contributed by atoms with Gasteiger partial charge in [-0.15, -0.1) is 0 Å². The molecular weight excluding hydrogens is 655 g/mol. The minimum Gasteiger partial charge on any atom is -0.490 e. The lowest BCUT2D eigenvalue weighted by Crippen LogP contribution is -2.17. The second kappa shape index (κ2) is 12.9. The number of hydrazone groups is 1. The highest BCUT2D eigenvalue weighted by molar-refractivity contribution is 9.11. The van der Waals surface area contributed by atoms with Crippen molar-refractivity contribution >= 4 is 49.7 Å². The van der Waals surface area contributed by atoms with Gasteiger partial charge in [-0.2, -0.15) is 18.3 Å². The number of benzene rings is 3. The molecule has 0 aliphatic carbocycles. The Hall–Kier alpha value is -3.65. The summed E-state index contributed by atoms with van der Waals surface area (Å²) in [5.41, 5.74) is 1.17. The van der Waals surface area contributed by atoms with E-state index in [0.717, 1.165) is 6.07 Å². The van der Waals surface area contributed by atoms with Crippen LogP contribution < -0.4 is 19.6 Å². The van der Waals surface area contributed by atoms with Crippen molar-refractivity contribution in [3.8, 4) is 23.0 Å². The summed E-state index contributed by atoms with van der Waals surface area (Å²) in [6.45, 7) is 4.47. The SMILES string of the molecule is CCOc1ccc(C(=O)N/N=C/c2cc(Br)c(Oc3ccc(C(F)(F)F)cc3[N+](=O)[O-])c(Br)c2)cc1OCC. The van der Waals surface area contributed by atoms with Crippen LogP contribution in [-0.4, -0.2) is 30.3 Å². The van der Waals surface area contributed by atoms with Crippen LogP contribution in [0, 0.1) is 10.1 Å². The van der Waals surface area contributed by atoms with Gasteiger partial charge in [-0.1, -0.05) is 0 Å². The van der Waals surface area contributed by atoms with E-state index in [1.165, 1.54) is 18.3 Å². The first-order chi connectivity index (χ1) is 18.4. The van der Waals surface area contributed by atoms with Crippen molar-refractivity contribution in [1.82, 2.24) is 5.43 Å². The molecule has 0 radical (unpaired) electrons. The fourth-order valence-electron chi connectivity index (χ4n) is 3.21. The van der Waals surface area contributed by atoms with Crippen LogP contribution in [-0.2, 0) is 6.18 Å². The van der Waals surface area contributed by atoms with Crippen LogP contribution in [0.5, 0.6) is 23.0 Å². The number of rotatable bonds is 10. The molecule has 206 valence electrons. The molecule has 3 aromatic carbocycles. The van der Waals surface area contributed by atoms with Crippen LogP contribution in [0.2, 0.25) is 0 Å². The number of ether oxygens (including phenoxy) is 3. The summed E-state index contributed by atoms with van der Waals surface area (Å²) < 4.78 is 56.1. The van der Waals surface area contributed by atoms with E-state index in [2.05, 4.69) is 42.4 Å². The van der Waals surface area contributed by atoms with Gasteiger partial charge >= 0.3 is 11.9 Å². The molecule has 0 aliphatic heterocycles. The number of halogens is 5. The van der Waals surface area contributed by atoms with E-state index in [9.17, 15) is 28.1 Å². The summed E-state index contributed by atoms with van der Waals surface area (Å²) in [5.74, 6) is 0.135. The molecule has 39 heavy (non-hydrogen) atoms. The van der Waals surface area contributed by atoms with Gasteiger partial charge in [-0.25, -0.2) is 5.43 Å². The smallest absolute Gasteiger partial charge is 0.416 e. The van der Waals surface area contributed by atoms with E-state index in [4.69, 9.17) is 14.2 Å². The van der Waals surface area contributed by atoms with Crippen molar-refractivity contribution in [1.29, 1.82) is 0 Å². The van der Waals surface area contributed by atoms with Crippen molar-refractivity contribution in [2.45, 2.75) is 20.0 Å². The van der Waals surface area contributed by atoms with Gasteiger partial charge in [0.05, 0.1) is 38.9 Å². The molecule has 0 aromatic heterocycles. The highest BCUT2D eigenvalue weighted by atomic mass is 79.9. The maximum Gasteiger partial charge on any atom is 0.416 e. The van der Waals surface area contributed by atoms with Crippen molar-refractivity contribution in [3.05, 3.63) is 84.3 Å². The molecule has 0 saturated carbocycles. The average molecular weight is 675 g/mol. The zero-order chi connectivity index (χ0) is 28.7. The fourth-order valence-corrected chi connectivity index (χ4v) is 4.59. The number of carbonyl (C=O) groups excluding carboxylic acids is 1. The lowest BCUT2D eigenvalue weighted by Gasteiger charge is -2.13. The Morgan fingerprint density at radius 2 is 1.62 bits per heavy atom. The molecule has 0 saturated heterocycles. The summed E-state index contributed by atoms with van der Waals surface area (Å²) in [5, 5.41) is 15.3. The summed E-state index contributed by atoms with van der Waals surface area (Å²) >= 11 is 6.57. The minimum atomic E-state index is -4.75. The van der Waals surface area contributed by atoms with Gasteiger partial charge in [0.2, 0.25) is 5.75 Å². The van der Waals surface area contributed by atoms with E-state index in [-0.39, 0.29) is 11.5 Å². The van der Waals surface area contributed by atoms with Crippen LogP contribution in [0.15, 0.2) is 62.6 Å². The van der Waals surface area contributed by atoms with E-state index in [0.29, 0.717) is 56.9 Å². The van der Waals surface area contributed by atoms with Crippen molar-refractivity contribution in [2.75, 3.05) is 13.2 Å². The Kier molecular flexibility index (Phi) is 9.92. The number of nitro benzene ring substituents is 1. The summed E-state index contributed by atoms with van der Waals surface area (Å²) in [4.78, 5) is 22.9. The molecule has 0 aliphatic rings. The molecule has 3 aromatic rings. The highest BCUT2D eigenvalue weighted by Crippen LogP contribution is 2.42. The minimum absolute atomic E-state index is 0.0804. The van der Waals surface area contributed by atoms with Crippen LogP contribution in [0.1, 0.15) is 35.3 Å². The number of hydrogen-bond acceptors (Lipinski definition) is 7. The van der Waals surface area contributed by atoms with E-state index in [1.54, 1.807) is 18.2 Å². The van der Waals surface area contributed by atoms with Crippen molar-refractivity contribution < 1.29 is 37.1 Å². The lowest BCUT2D eigenvalue weighted by molar-refractivity contribution is -0.385. The molecule has 9 nitrogen and oxygen atoms in total. The number of alkyl halides is 3. The number of carbonyl (C=O) groups is 1. The zero-order valence-corrected chi connectivity index (χ0v) is 23.5. The number of hydrogen-bond donors (Lipinski definition) is 1. The number of nitrogens with zero attached hydrogens (tertiary/aromatic N) is 2. The molecule has 14 heteroatoms. The summed E-state index contributed by atoms with van der Waals surface area (Å²) in [6.07, 6.45) is -3.41. The van der Waals surface area contributed by atoms with Gasteiger partial charge in [0.25, 0.3) is 5.91 Å². The molecule has 3 rings (SSSR count). The predicted molar refractivity (Wildman–Crippen MR) is 144 cm³/mol. The largest absolute Gasteiger partial charge is 0.490 e. The summed E-state index contributed by atoms with van der Waals surface area (Å²) in [7, 11) is 0. The number of nitrogens with one attached hydrogen (secondary N) is 1. The topological polar surface area (TPSA) is 112 Å². The van der Waals surface area contributed by atoms with Crippen LogP contribution in [0.25, 0.3) is 0 Å². The molecule has 0 atom stereocenters. The Balaban J connectivity index is 1.77. The summed E-state index contributed by atoms with van der Waals surface area (Å²) in [6, 6.07) is 9.78. The van der Waals surface area contributed by atoms with Crippen LogP contribution in [0.4, 0.5) is 18.9 Å². The fraction of sp³-hybridized carbons (Fsp3) is 0.200. The molecule has 0 fully saturated rings. The van der Waals surface area contributed by atoms with Gasteiger partial charge in [0, 0.05) is 11.6 Å². The van der Waals surface area contributed by atoms with E-state index < -0.39 is 28.3 Å². The Bertz CT molecular complexity index is 1390. The maximum absolute atomic E-state index is 13.0. The maximum atomic E-state index is 13.0. The Morgan fingerprint density at radius 3 is 2.21 bits per heavy atom. The van der Waals surface area contributed by atoms with Crippen molar-refractivity contribution in [2.24, 2.45) is 5.10 Å². The van der Waals surface area contributed by atoms with Gasteiger partial charge in [-0.05, 0) is 93.7 Å². The molecule has 0 bridgehead atoms. The molecule has 0 spiro atoms. The van der Waals surface area contributed by atoms with Crippen molar-refractivity contribution in [3.63, 3.8) is 0 Å². The first-order valence-electron chi connectivity index (χ1n) is 11.2. The molecule has 1 amide bonds. The molecule has 0 unspecified atom stereocenters. The lowest BCUT2D eigenvalue weighted by atomic mass is 10.2. The van der Waals surface area contributed by atoms with Gasteiger partial charge < -0.3 is 14.2 Å². The van der Waals surface area contributed by atoms with Gasteiger partial charge in [0.1, 0.15) is 0 Å². The highest BCUT2D eigenvalue weighted by Gasteiger charge is 2.33. The number of nitro groups is 1. The second-order valence-corrected chi connectivity index (χ2v) is 9.29. The molecule has 0 heterocycles.